The van der Waals surface area contributed by atoms with Gasteiger partial charge in [-0.3, -0.25) is 4.79 Å². The monoisotopic (exact) mass is 330 g/mol. The number of nitrogens with zero attached hydrogens (tertiary/aromatic N) is 1. The molecular weight excluding hydrogens is 316 g/mol. The van der Waals surface area contributed by atoms with Crippen molar-refractivity contribution in [1.29, 1.82) is 0 Å². The fourth-order valence-electron chi connectivity index (χ4n) is 2.04. The van der Waals surface area contributed by atoms with E-state index in [-0.39, 0.29) is 5.91 Å². The molecule has 5 heteroatoms. The highest BCUT2D eigenvalue weighted by Gasteiger charge is 2.15. The van der Waals surface area contributed by atoms with E-state index in [1.54, 1.807) is 0 Å². The van der Waals surface area contributed by atoms with Gasteiger partial charge in [-0.1, -0.05) is 11.6 Å². The second-order valence-electron chi connectivity index (χ2n) is 4.42. The van der Waals surface area contributed by atoms with E-state index in [0.29, 0.717) is 11.6 Å². The van der Waals surface area contributed by atoms with E-state index in [1.807, 2.05) is 23.1 Å². The van der Waals surface area contributed by atoms with Crippen LogP contribution in [0.5, 0.6) is 0 Å². The Balaban J connectivity index is 1.86. The lowest BCUT2D eigenvalue weighted by molar-refractivity contribution is -0.130. The Bertz CT molecular complexity index is 433. The van der Waals surface area contributed by atoms with Gasteiger partial charge in [-0.05, 0) is 53.4 Å². The second kappa shape index (κ2) is 6.43. The topological polar surface area (TPSA) is 32.3 Å². The highest BCUT2D eigenvalue weighted by atomic mass is 79.9. The van der Waals surface area contributed by atoms with Gasteiger partial charge in [-0.15, -0.1) is 0 Å². The standard InChI is InChI=1S/C13H16BrClN2O/c14-11-5-4-10(8-12(11)15)16-9-13(18)17-6-2-1-3-7-17/h4-5,8,16H,1-3,6-7,9H2. The van der Waals surface area contributed by atoms with E-state index in [1.165, 1.54) is 6.42 Å². The first-order valence-electron chi connectivity index (χ1n) is 6.13. The Morgan fingerprint density at radius 3 is 2.72 bits per heavy atom. The van der Waals surface area contributed by atoms with E-state index >= 15 is 0 Å². The minimum atomic E-state index is 0.161. The number of hydrogen-bond acceptors (Lipinski definition) is 2. The Labute approximate surface area is 121 Å². The van der Waals surface area contributed by atoms with Gasteiger partial charge in [0.2, 0.25) is 5.91 Å². The van der Waals surface area contributed by atoms with Crippen molar-refractivity contribution in [2.45, 2.75) is 19.3 Å². The SMILES string of the molecule is O=C(CNc1ccc(Br)c(Cl)c1)N1CCCCC1. The lowest BCUT2D eigenvalue weighted by Gasteiger charge is -2.26. The van der Waals surface area contributed by atoms with Crippen molar-refractivity contribution in [3.05, 3.63) is 27.7 Å². The predicted molar refractivity (Wildman–Crippen MR) is 78.1 cm³/mol. The molecule has 1 aromatic rings. The number of rotatable bonds is 3. The zero-order chi connectivity index (χ0) is 13.0. The summed E-state index contributed by atoms with van der Waals surface area (Å²) in [5.74, 6) is 0.161. The Morgan fingerprint density at radius 2 is 2.06 bits per heavy atom. The molecule has 1 heterocycles. The molecule has 1 amide bonds. The summed E-state index contributed by atoms with van der Waals surface area (Å²) in [6, 6.07) is 5.59. The summed E-state index contributed by atoms with van der Waals surface area (Å²) in [4.78, 5) is 13.9. The molecule has 0 atom stereocenters. The molecule has 1 fully saturated rings. The van der Waals surface area contributed by atoms with E-state index in [0.717, 1.165) is 36.1 Å². The van der Waals surface area contributed by atoms with Gasteiger partial charge in [0.05, 0.1) is 11.6 Å². The zero-order valence-electron chi connectivity index (χ0n) is 10.1. The number of carbonyl (C=O) groups is 1. The molecule has 1 saturated heterocycles. The molecule has 98 valence electrons. The third kappa shape index (κ3) is 3.62. The largest absolute Gasteiger partial charge is 0.376 e. The van der Waals surface area contributed by atoms with Crippen molar-refractivity contribution in [2.24, 2.45) is 0 Å². The summed E-state index contributed by atoms with van der Waals surface area (Å²) in [6.07, 6.45) is 3.48. The summed E-state index contributed by atoms with van der Waals surface area (Å²) in [6.45, 7) is 2.11. The third-order valence-corrected chi connectivity index (χ3v) is 4.30. The maximum Gasteiger partial charge on any atom is 0.241 e. The van der Waals surface area contributed by atoms with E-state index in [2.05, 4.69) is 21.2 Å². The lowest BCUT2D eigenvalue weighted by atomic mass is 10.1. The van der Waals surface area contributed by atoms with Crippen LogP contribution < -0.4 is 5.32 Å². The number of carbonyl (C=O) groups excluding carboxylic acids is 1. The Kier molecular flexibility index (Phi) is 4.89. The molecule has 2 rings (SSSR count). The molecule has 0 unspecified atom stereocenters. The van der Waals surface area contributed by atoms with Crippen molar-refractivity contribution in [1.82, 2.24) is 4.90 Å². The summed E-state index contributed by atoms with van der Waals surface area (Å²) >= 11 is 9.33. The van der Waals surface area contributed by atoms with Crippen LogP contribution in [0.25, 0.3) is 0 Å². The summed E-state index contributed by atoms with van der Waals surface area (Å²) in [7, 11) is 0. The highest BCUT2D eigenvalue weighted by molar-refractivity contribution is 9.10. The van der Waals surface area contributed by atoms with E-state index < -0.39 is 0 Å². The molecule has 0 saturated carbocycles. The quantitative estimate of drug-likeness (QED) is 0.919. The van der Waals surface area contributed by atoms with Crippen LogP contribution >= 0.6 is 27.5 Å². The van der Waals surface area contributed by atoms with Crippen LogP contribution in [0.1, 0.15) is 19.3 Å². The first kappa shape index (κ1) is 13.7. The lowest BCUT2D eigenvalue weighted by Crippen LogP contribution is -2.39. The number of anilines is 1. The van der Waals surface area contributed by atoms with Gasteiger partial charge >= 0.3 is 0 Å². The van der Waals surface area contributed by atoms with Gasteiger partial charge in [0.25, 0.3) is 0 Å². The maximum absolute atomic E-state index is 11.9. The molecule has 1 aliphatic rings. The third-order valence-electron chi connectivity index (χ3n) is 3.07. The number of piperidine rings is 1. The van der Waals surface area contributed by atoms with Crippen LogP contribution in [0.15, 0.2) is 22.7 Å². The molecule has 0 radical (unpaired) electrons. The van der Waals surface area contributed by atoms with Gasteiger partial charge in [0.15, 0.2) is 0 Å². The number of amides is 1. The molecule has 0 aromatic heterocycles. The minimum Gasteiger partial charge on any atom is -0.376 e. The van der Waals surface area contributed by atoms with Crippen molar-refractivity contribution in [3.63, 3.8) is 0 Å². The molecule has 1 aliphatic heterocycles. The fraction of sp³-hybridized carbons (Fsp3) is 0.462. The number of likely N-dealkylation sites (tertiary alicyclic amines) is 1. The number of halogens is 2. The van der Waals surface area contributed by atoms with E-state index in [4.69, 9.17) is 11.6 Å². The normalized spacial score (nSPS) is 15.6. The molecule has 1 aromatic carbocycles. The summed E-state index contributed by atoms with van der Waals surface area (Å²) in [5.41, 5.74) is 0.869. The average Bonchev–Trinajstić information content (AvgIpc) is 2.41. The average molecular weight is 332 g/mol. The summed E-state index contributed by atoms with van der Waals surface area (Å²) in [5, 5.41) is 3.76. The fourth-order valence-corrected chi connectivity index (χ4v) is 2.47. The van der Waals surface area contributed by atoms with Crippen molar-refractivity contribution in [2.75, 3.05) is 25.0 Å². The molecular formula is C13H16BrClN2O. The van der Waals surface area contributed by atoms with Gasteiger partial charge in [-0.2, -0.15) is 0 Å². The Hall–Kier alpha value is -0.740. The Morgan fingerprint density at radius 1 is 1.33 bits per heavy atom. The van der Waals surface area contributed by atoms with E-state index in [9.17, 15) is 4.79 Å². The molecule has 3 nitrogen and oxygen atoms in total. The van der Waals surface area contributed by atoms with Crippen LogP contribution in [0.4, 0.5) is 5.69 Å². The zero-order valence-corrected chi connectivity index (χ0v) is 12.4. The number of hydrogen-bond donors (Lipinski definition) is 1. The first-order valence-corrected chi connectivity index (χ1v) is 7.30. The number of benzene rings is 1. The van der Waals surface area contributed by atoms with Crippen molar-refractivity contribution >= 4 is 39.1 Å². The smallest absolute Gasteiger partial charge is 0.241 e. The van der Waals surface area contributed by atoms with Crippen molar-refractivity contribution < 1.29 is 4.79 Å². The molecule has 0 aliphatic carbocycles. The number of nitrogens with one attached hydrogen (secondary N) is 1. The minimum absolute atomic E-state index is 0.161. The molecule has 1 N–H and O–H groups in total. The highest BCUT2D eigenvalue weighted by Crippen LogP contribution is 2.25. The molecule has 0 bridgehead atoms. The van der Waals surface area contributed by atoms with Crippen molar-refractivity contribution in [3.8, 4) is 0 Å². The van der Waals surface area contributed by atoms with Gasteiger partial charge in [-0.25, -0.2) is 0 Å². The van der Waals surface area contributed by atoms with Crippen LogP contribution in [0.2, 0.25) is 5.02 Å². The summed E-state index contributed by atoms with van der Waals surface area (Å²) < 4.78 is 0.858. The van der Waals surface area contributed by atoms with Gasteiger partial charge in [0, 0.05) is 23.2 Å². The van der Waals surface area contributed by atoms with Gasteiger partial charge in [0.1, 0.15) is 0 Å². The first-order chi connectivity index (χ1) is 8.66. The van der Waals surface area contributed by atoms with Crippen LogP contribution in [0, 0.1) is 0 Å². The van der Waals surface area contributed by atoms with Gasteiger partial charge < -0.3 is 10.2 Å². The maximum atomic E-state index is 11.9. The molecule has 0 spiro atoms. The molecule has 18 heavy (non-hydrogen) atoms. The van der Waals surface area contributed by atoms with Crippen LogP contribution in [0.3, 0.4) is 0 Å². The van der Waals surface area contributed by atoms with Crippen LogP contribution in [-0.2, 0) is 4.79 Å². The predicted octanol–water partition coefficient (Wildman–Crippen LogP) is 3.53. The van der Waals surface area contributed by atoms with Crippen LogP contribution in [-0.4, -0.2) is 30.4 Å². The second-order valence-corrected chi connectivity index (χ2v) is 5.69.